The number of rotatable bonds is 2. The number of anilines is 1. The molecule has 0 aliphatic heterocycles. The first-order valence-corrected chi connectivity index (χ1v) is 8.61. The van der Waals surface area contributed by atoms with E-state index in [-0.39, 0.29) is 38.1 Å². The fraction of sp³-hybridized carbons (Fsp3) is 0.0526. The first-order chi connectivity index (χ1) is 12.5. The van der Waals surface area contributed by atoms with Crippen molar-refractivity contribution in [1.29, 1.82) is 0 Å². The molecule has 0 bridgehead atoms. The van der Waals surface area contributed by atoms with E-state index in [9.17, 15) is 19.2 Å². The Labute approximate surface area is 151 Å². The minimum Gasteiger partial charge on any atom is -0.321 e. The lowest BCUT2D eigenvalue weighted by Gasteiger charge is -2.20. The Kier molecular flexibility index (Phi) is 3.66. The van der Waals surface area contributed by atoms with Crippen molar-refractivity contribution >= 4 is 34.5 Å². The maximum Gasteiger partial charge on any atom is 0.305 e. The van der Waals surface area contributed by atoms with Crippen molar-refractivity contribution in [2.24, 2.45) is 0 Å². The maximum absolute atomic E-state index is 12.9. The highest BCUT2D eigenvalue weighted by Crippen LogP contribution is 2.32. The van der Waals surface area contributed by atoms with Gasteiger partial charge < -0.3 is 10.3 Å². The van der Waals surface area contributed by atoms with Gasteiger partial charge in [-0.2, -0.15) is 0 Å². The molecule has 1 heterocycles. The summed E-state index contributed by atoms with van der Waals surface area (Å²) < 4.78 is 0. The molecule has 0 saturated heterocycles. The minimum absolute atomic E-state index is 0.171. The number of aromatic amines is 1. The van der Waals surface area contributed by atoms with Gasteiger partial charge in [0.05, 0.1) is 11.3 Å². The Morgan fingerprint density at radius 2 is 1.58 bits per heavy atom. The van der Waals surface area contributed by atoms with E-state index in [2.05, 4.69) is 10.3 Å². The Hall–Kier alpha value is -3.32. The molecule has 4 rings (SSSR count). The summed E-state index contributed by atoms with van der Waals surface area (Å²) in [5, 5.41) is 2.66. The summed E-state index contributed by atoms with van der Waals surface area (Å²) in [6.45, 7) is 1.62. The monoisotopic (exact) mass is 364 g/mol. The number of carbonyl (C=O) groups excluding carboxylic acids is 3. The topological polar surface area (TPSA) is 96.1 Å². The number of aryl methyl sites for hydroxylation is 1. The van der Waals surface area contributed by atoms with E-state index in [0.717, 1.165) is 11.3 Å². The van der Waals surface area contributed by atoms with Crippen molar-refractivity contribution in [1.82, 2.24) is 4.98 Å². The summed E-state index contributed by atoms with van der Waals surface area (Å²) in [5.74, 6) is -1.07. The third kappa shape index (κ3) is 2.41. The Morgan fingerprint density at radius 3 is 2.23 bits per heavy atom. The molecule has 2 N–H and O–H groups in total. The van der Waals surface area contributed by atoms with Crippen LogP contribution in [0.4, 0.5) is 5.69 Å². The number of benzene rings is 2. The Morgan fingerprint density at radius 1 is 0.923 bits per heavy atom. The molecule has 0 fully saturated rings. The largest absolute Gasteiger partial charge is 0.321 e. The molecular formula is C19H12N2O4S. The molecule has 1 aliphatic carbocycles. The van der Waals surface area contributed by atoms with Crippen LogP contribution in [0.2, 0.25) is 0 Å². The van der Waals surface area contributed by atoms with Crippen molar-refractivity contribution < 1.29 is 14.4 Å². The van der Waals surface area contributed by atoms with Gasteiger partial charge in [0.25, 0.3) is 5.91 Å². The SMILES string of the molecule is Cc1[nH]c(=O)sc1C(=O)Nc1cccc2c1C(=O)c1ccccc1C2=O. The zero-order valence-electron chi connectivity index (χ0n) is 13.6. The van der Waals surface area contributed by atoms with Gasteiger partial charge in [-0.3, -0.25) is 19.2 Å². The zero-order chi connectivity index (χ0) is 18.4. The van der Waals surface area contributed by atoms with Gasteiger partial charge in [-0.25, -0.2) is 0 Å². The van der Waals surface area contributed by atoms with Gasteiger partial charge in [0, 0.05) is 22.4 Å². The molecule has 1 amide bonds. The smallest absolute Gasteiger partial charge is 0.305 e. The summed E-state index contributed by atoms with van der Waals surface area (Å²) in [5.41, 5.74) is 1.80. The number of fused-ring (bicyclic) bond motifs is 2. The number of H-pyrrole nitrogens is 1. The molecule has 0 radical (unpaired) electrons. The van der Waals surface area contributed by atoms with Crippen LogP contribution < -0.4 is 10.2 Å². The van der Waals surface area contributed by atoms with E-state index in [1.54, 1.807) is 49.4 Å². The van der Waals surface area contributed by atoms with Crippen LogP contribution in [0, 0.1) is 6.92 Å². The van der Waals surface area contributed by atoms with Gasteiger partial charge in [-0.05, 0) is 13.0 Å². The van der Waals surface area contributed by atoms with Gasteiger partial charge in [0.2, 0.25) is 0 Å². The first kappa shape index (κ1) is 16.2. The van der Waals surface area contributed by atoms with Crippen LogP contribution in [0.3, 0.4) is 0 Å². The lowest BCUT2D eigenvalue weighted by molar-refractivity contribution is 0.0978. The lowest BCUT2D eigenvalue weighted by Crippen LogP contribution is -2.23. The highest BCUT2D eigenvalue weighted by atomic mass is 32.1. The van der Waals surface area contributed by atoms with E-state index in [1.807, 2.05) is 0 Å². The minimum atomic E-state index is -0.502. The second-order valence-electron chi connectivity index (χ2n) is 5.85. The van der Waals surface area contributed by atoms with E-state index < -0.39 is 5.91 Å². The van der Waals surface area contributed by atoms with E-state index in [4.69, 9.17) is 0 Å². The summed E-state index contributed by atoms with van der Waals surface area (Å²) in [6.07, 6.45) is 0. The van der Waals surface area contributed by atoms with Crippen LogP contribution in [0.1, 0.15) is 47.2 Å². The van der Waals surface area contributed by atoms with Gasteiger partial charge in [-0.15, -0.1) is 0 Å². The van der Waals surface area contributed by atoms with Crippen LogP contribution in [0.25, 0.3) is 0 Å². The molecule has 6 nitrogen and oxygen atoms in total. The predicted octanol–water partition coefficient (Wildman–Crippen LogP) is 2.77. The molecule has 0 unspecified atom stereocenters. The number of hydrogen-bond donors (Lipinski definition) is 2. The lowest BCUT2D eigenvalue weighted by atomic mass is 9.83. The second-order valence-corrected chi connectivity index (χ2v) is 6.84. The highest BCUT2D eigenvalue weighted by Gasteiger charge is 2.31. The van der Waals surface area contributed by atoms with Crippen molar-refractivity contribution in [3.63, 3.8) is 0 Å². The average molecular weight is 364 g/mol. The summed E-state index contributed by atoms with van der Waals surface area (Å²) >= 11 is 0.794. The second kappa shape index (κ2) is 5.89. The van der Waals surface area contributed by atoms with Crippen LogP contribution in [-0.2, 0) is 0 Å². The van der Waals surface area contributed by atoms with Crippen LogP contribution in [0.5, 0.6) is 0 Å². The van der Waals surface area contributed by atoms with Gasteiger partial charge in [-0.1, -0.05) is 47.7 Å². The molecule has 1 aromatic heterocycles. The summed E-state index contributed by atoms with van der Waals surface area (Å²) in [6, 6.07) is 11.4. The van der Waals surface area contributed by atoms with Crippen LogP contribution in [0.15, 0.2) is 47.3 Å². The van der Waals surface area contributed by atoms with Crippen LogP contribution >= 0.6 is 11.3 Å². The van der Waals surface area contributed by atoms with E-state index in [0.29, 0.717) is 16.8 Å². The predicted molar refractivity (Wildman–Crippen MR) is 97.4 cm³/mol. The van der Waals surface area contributed by atoms with Crippen molar-refractivity contribution in [2.45, 2.75) is 6.92 Å². The zero-order valence-corrected chi connectivity index (χ0v) is 14.4. The summed E-state index contributed by atoms with van der Waals surface area (Å²) in [4.78, 5) is 52.0. The third-order valence-electron chi connectivity index (χ3n) is 4.23. The molecule has 3 aromatic rings. The number of amides is 1. The molecule has 0 spiro atoms. The first-order valence-electron chi connectivity index (χ1n) is 7.80. The molecular weight excluding hydrogens is 352 g/mol. The number of thiazole rings is 1. The Balaban J connectivity index is 1.80. The molecule has 2 aromatic carbocycles. The fourth-order valence-electron chi connectivity index (χ4n) is 3.05. The van der Waals surface area contributed by atoms with Gasteiger partial charge in [0.15, 0.2) is 11.6 Å². The number of carbonyl (C=O) groups is 3. The van der Waals surface area contributed by atoms with E-state index in [1.165, 1.54) is 0 Å². The molecule has 26 heavy (non-hydrogen) atoms. The maximum atomic E-state index is 12.9. The number of hydrogen-bond acceptors (Lipinski definition) is 5. The molecule has 7 heteroatoms. The molecule has 0 saturated carbocycles. The van der Waals surface area contributed by atoms with Crippen molar-refractivity contribution in [3.05, 3.63) is 85.0 Å². The normalized spacial score (nSPS) is 12.5. The third-order valence-corrected chi connectivity index (χ3v) is 5.21. The van der Waals surface area contributed by atoms with Crippen molar-refractivity contribution in [3.8, 4) is 0 Å². The van der Waals surface area contributed by atoms with E-state index >= 15 is 0 Å². The molecule has 128 valence electrons. The number of aromatic nitrogens is 1. The Bertz CT molecular complexity index is 1160. The van der Waals surface area contributed by atoms with Crippen LogP contribution in [-0.4, -0.2) is 22.5 Å². The standard InChI is InChI=1S/C19H12N2O4S/c1-9-17(26-19(25)20-9)18(24)21-13-8-4-7-12-14(13)16(23)11-6-3-2-5-10(11)15(12)22/h2-8H,1H3,(H,20,25)(H,21,24). The molecule has 0 atom stereocenters. The van der Waals surface area contributed by atoms with Crippen molar-refractivity contribution in [2.75, 3.05) is 5.32 Å². The average Bonchev–Trinajstić information content (AvgIpc) is 2.98. The van der Waals surface area contributed by atoms with Gasteiger partial charge in [0.1, 0.15) is 4.88 Å². The number of ketones is 2. The molecule has 1 aliphatic rings. The summed E-state index contributed by atoms with van der Waals surface area (Å²) in [7, 11) is 0. The fourth-order valence-corrected chi connectivity index (χ4v) is 3.79. The number of nitrogens with one attached hydrogen (secondary N) is 2. The quantitative estimate of drug-likeness (QED) is 0.572. The highest BCUT2D eigenvalue weighted by molar-refractivity contribution is 7.11. The van der Waals surface area contributed by atoms with Gasteiger partial charge >= 0.3 is 4.87 Å².